The minimum Gasteiger partial charge on any atom is -0.298 e. The highest BCUT2D eigenvalue weighted by atomic mass is 16.6. The second-order valence-corrected chi connectivity index (χ2v) is 2.76. The van der Waals surface area contributed by atoms with Crippen molar-refractivity contribution in [3.63, 3.8) is 0 Å². The molecule has 0 heterocycles. The summed E-state index contributed by atoms with van der Waals surface area (Å²) in [6.45, 7) is 0. The Labute approximate surface area is 91.9 Å². The molecule has 0 saturated carbocycles. The molecule has 17 heavy (non-hydrogen) atoms. The monoisotopic (exact) mass is 241 g/mol. The first-order valence-electron chi connectivity index (χ1n) is 3.95. The van der Waals surface area contributed by atoms with Crippen LogP contribution >= 0.6 is 0 Å². The maximum absolute atomic E-state index is 10.6. The lowest BCUT2D eigenvalue weighted by molar-refractivity contribution is -0.441. The average molecular weight is 241 g/mol. The van der Waals surface area contributed by atoms with Crippen molar-refractivity contribution >= 4 is 23.3 Å². The first-order valence-corrected chi connectivity index (χ1v) is 3.95. The van der Waals surface area contributed by atoms with E-state index in [1.807, 2.05) is 0 Å². The van der Waals surface area contributed by atoms with E-state index in [2.05, 4.69) is 0 Å². The summed E-state index contributed by atoms with van der Waals surface area (Å²) in [6, 6.07) is 1.46. The molecule has 0 fully saturated rings. The molecule has 88 valence electrons. The van der Waals surface area contributed by atoms with E-state index in [-0.39, 0.29) is 6.29 Å². The molecule has 1 rings (SSSR count). The van der Waals surface area contributed by atoms with Crippen molar-refractivity contribution < 1.29 is 19.6 Å². The highest BCUT2D eigenvalue weighted by Gasteiger charge is 2.38. The summed E-state index contributed by atoms with van der Waals surface area (Å²) in [5, 5.41) is 31.7. The van der Waals surface area contributed by atoms with Gasteiger partial charge in [-0.3, -0.25) is 35.1 Å². The lowest BCUT2D eigenvalue weighted by Crippen LogP contribution is -2.04. The number of nitro benzene ring substituents is 3. The van der Waals surface area contributed by atoms with Gasteiger partial charge in [0, 0.05) is 6.07 Å². The third-order valence-corrected chi connectivity index (χ3v) is 1.85. The molecule has 0 aliphatic rings. The van der Waals surface area contributed by atoms with Gasteiger partial charge in [0.25, 0.3) is 0 Å². The third-order valence-electron chi connectivity index (χ3n) is 1.85. The minimum absolute atomic E-state index is 0.0227. The van der Waals surface area contributed by atoms with E-state index >= 15 is 0 Å². The van der Waals surface area contributed by atoms with Crippen LogP contribution in [0.4, 0.5) is 17.1 Å². The number of hydrogen-bond donors (Lipinski definition) is 0. The molecule has 1 aromatic carbocycles. The molecular weight excluding hydrogens is 238 g/mol. The molecule has 0 N–H and O–H groups in total. The van der Waals surface area contributed by atoms with Crippen molar-refractivity contribution in [3.8, 4) is 0 Å². The van der Waals surface area contributed by atoms with E-state index in [0.29, 0.717) is 6.07 Å². The van der Waals surface area contributed by atoms with E-state index in [0.717, 1.165) is 6.07 Å². The third kappa shape index (κ3) is 2.04. The summed E-state index contributed by atoms with van der Waals surface area (Å²) >= 11 is 0. The second kappa shape index (κ2) is 4.30. The Morgan fingerprint density at radius 3 is 1.76 bits per heavy atom. The first-order chi connectivity index (χ1) is 7.90. The normalized spacial score (nSPS) is 9.65. The van der Waals surface area contributed by atoms with E-state index in [9.17, 15) is 35.1 Å². The van der Waals surface area contributed by atoms with Crippen LogP contribution in [-0.4, -0.2) is 21.1 Å². The van der Waals surface area contributed by atoms with Gasteiger partial charge in [-0.05, 0) is 6.07 Å². The zero-order valence-electron chi connectivity index (χ0n) is 7.93. The number of nitro groups is 3. The molecule has 1 aromatic rings. The Morgan fingerprint density at radius 1 is 0.882 bits per heavy atom. The Kier molecular flexibility index (Phi) is 3.08. The molecule has 0 atom stereocenters. The predicted molar refractivity (Wildman–Crippen MR) is 51.8 cm³/mol. The number of hydrogen-bond acceptors (Lipinski definition) is 7. The van der Waals surface area contributed by atoms with Gasteiger partial charge in [-0.1, -0.05) is 0 Å². The van der Waals surface area contributed by atoms with Crippen LogP contribution < -0.4 is 0 Å². The van der Waals surface area contributed by atoms with Gasteiger partial charge in [0.05, 0.1) is 14.8 Å². The van der Waals surface area contributed by atoms with Crippen molar-refractivity contribution in [2.75, 3.05) is 0 Å². The van der Waals surface area contributed by atoms with E-state index in [1.165, 1.54) is 0 Å². The van der Waals surface area contributed by atoms with Gasteiger partial charge >= 0.3 is 17.1 Å². The van der Waals surface area contributed by atoms with Crippen molar-refractivity contribution in [2.45, 2.75) is 0 Å². The van der Waals surface area contributed by atoms with Crippen LogP contribution in [0.1, 0.15) is 10.4 Å². The number of rotatable bonds is 4. The standard InChI is InChI=1S/C7H3N3O7/c11-3-4-1-2-5(8(12)13)7(10(16)17)6(4)9(14)15/h1-3H. The molecule has 0 amide bonds. The van der Waals surface area contributed by atoms with Crippen LogP contribution in [-0.2, 0) is 0 Å². The van der Waals surface area contributed by atoms with Gasteiger partial charge in [0.15, 0.2) is 6.29 Å². The maximum atomic E-state index is 10.6. The zero-order valence-corrected chi connectivity index (χ0v) is 7.93. The van der Waals surface area contributed by atoms with Crippen LogP contribution in [0, 0.1) is 30.3 Å². The van der Waals surface area contributed by atoms with Crippen molar-refractivity contribution in [2.24, 2.45) is 0 Å². The van der Waals surface area contributed by atoms with Gasteiger partial charge in [-0.15, -0.1) is 0 Å². The van der Waals surface area contributed by atoms with Crippen LogP contribution in [0.3, 0.4) is 0 Å². The summed E-state index contributed by atoms with van der Waals surface area (Å²) in [7, 11) is 0. The van der Waals surface area contributed by atoms with Crippen molar-refractivity contribution in [1.29, 1.82) is 0 Å². The smallest absolute Gasteiger partial charge is 0.298 e. The largest absolute Gasteiger partial charge is 0.423 e. The van der Waals surface area contributed by atoms with Crippen molar-refractivity contribution in [3.05, 3.63) is 48.0 Å². The first kappa shape index (κ1) is 12.2. The lowest BCUT2D eigenvalue weighted by atomic mass is 10.1. The molecule has 0 aliphatic carbocycles. The summed E-state index contributed by atoms with van der Waals surface area (Å²) in [5.41, 5.74) is -4.11. The summed E-state index contributed by atoms with van der Waals surface area (Å²) in [4.78, 5) is 38.6. The highest BCUT2D eigenvalue weighted by molar-refractivity contribution is 5.87. The fraction of sp³-hybridized carbons (Fsp3) is 0. The molecule has 0 unspecified atom stereocenters. The number of carbonyl (C=O) groups excluding carboxylic acids is 1. The van der Waals surface area contributed by atoms with Gasteiger partial charge in [0.2, 0.25) is 0 Å². The SMILES string of the molecule is O=Cc1ccc([N+](=O)[O-])c([N+](=O)[O-])c1[N+](=O)[O-]. The molecule has 0 aliphatic heterocycles. The average Bonchev–Trinajstić information content (AvgIpc) is 2.26. The summed E-state index contributed by atoms with van der Waals surface area (Å²) in [5.74, 6) is 0. The zero-order chi connectivity index (χ0) is 13.2. The van der Waals surface area contributed by atoms with Gasteiger partial charge < -0.3 is 0 Å². The molecule has 10 nitrogen and oxygen atoms in total. The van der Waals surface area contributed by atoms with Crippen LogP contribution in [0.25, 0.3) is 0 Å². The summed E-state index contributed by atoms with van der Waals surface area (Å²) in [6.07, 6.45) is 0.0227. The lowest BCUT2D eigenvalue weighted by Gasteiger charge is -1.98. The Hall–Kier alpha value is -2.91. The quantitative estimate of drug-likeness (QED) is 0.437. The Balaban J connectivity index is 3.77. The topological polar surface area (TPSA) is 146 Å². The fourth-order valence-electron chi connectivity index (χ4n) is 1.20. The molecule has 0 spiro atoms. The maximum Gasteiger partial charge on any atom is 0.423 e. The van der Waals surface area contributed by atoms with Gasteiger partial charge in [0.1, 0.15) is 5.56 Å². The van der Waals surface area contributed by atoms with E-state index < -0.39 is 37.4 Å². The second-order valence-electron chi connectivity index (χ2n) is 2.76. The highest BCUT2D eigenvalue weighted by Crippen LogP contribution is 2.37. The molecule has 10 heteroatoms. The minimum atomic E-state index is -1.30. The fourth-order valence-corrected chi connectivity index (χ4v) is 1.20. The van der Waals surface area contributed by atoms with Crippen LogP contribution in [0.5, 0.6) is 0 Å². The van der Waals surface area contributed by atoms with Gasteiger partial charge in [-0.2, -0.15) is 0 Å². The summed E-state index contributed by atoms with van der Waals surface area (Å²) < 4.78 is 0. The number of aldehydes is 1. The Bertz CT molecular complexity index is 539. The number of nitrogens with zero attached hydrogens (tertiary/aromatic N) is 3. The van der Waals surface area contributed by atoms with Gasteiger partial charge in [-0.25, -0.2) is 0 Å². The molecule has 0 aromatic heterocycles. The van der Waals surface area contributed by atoms with E-state index in [1.54, 1.807) is 0 Å². The predicted octanol–water partition coefficient (Wildman–Crippen LogP) is 1.22. The molecule has 0 radical (unpaired) electrons. The van der Waals surface area contributed by atoms with Crippen LogP contribution in [0.2, 0.25) is 0 Å². The van der Waals surface area contributed by atoms with Crippen LogP contribution in [0.15, 0.2) is 12.1 Å². The molecule has 0 saturated heterocycles. The molecular formula is C7H3N3O7. The Morgan fingerprint density at radius 2 is 1.41 bits per heavy atom. The van der Waals surface area contributed by atoms with E-state index in [4.69, 9.17) is 0 Å². The number of carbonyl (C=O) groups is 1. The number of benzene rings is 1. The molecule has 0 bridgehead atoms. The van der Waals surface area contributed by atoms with Crippen molar-refractivity contribution in [1.82, 2.24) is 0 Å².